The van der Waals surface area contributed by atoms with Crippen LogP contribution in [-0.2, 0) is 11.2 Å². The molecule has 0 radical (unpaired) electrons. The zero-order chi connectivity index (χ0) is 17.6. The second-order valence-corrected chi connectivity index (χ2v) is 6.48. The van der Waals surface area contributed by atoms with Gasteiger partial charge in [0.05, 0.1) is 12.0 Å². The number of carbonyl (C=O) groups excluding carboxylic acids is 1. The normalized spacial score (nSPS) is 12.4. The monoisotopic (exact) mass is 329 g/mol. The summed E-state index contributed by atoms with van der Waals surface area (Å²) in [7, 11) is 0. The van der Waals surface area contributed by atoms with Crippen molar-refractivity contribution in [1.29, 1.82) is 0 Å². The molecular weight excluding hydrogens is 302 g/mol. The number of nitrogens with zero attached hydrogens (tertiary/aromatic N) is 1. The number of nitrogens with two attached hydrogens (primary N) is 1. The Morgan fingerprint density at radius 1 is 1.29 bits per heavy atom. The van der Waals surface area contributed by atoms with Crippen LogP contribution in [0, 0.1) is 5.41 Å². The number of aromatic amines is 1. The number of primary amides is 1. The molecule has 0 aliphatic carbocycles. The summed E-state index contributed by atoms with van der Waals surface area (Å²) in [4.78, 5) is 19.2. The molecule has 0 saturated heterocycles. The van der Waals surface area contributed by atoms with Gasteiger partial charge in [-0.25, -0.2) is 0 Å². The fourth-order valence-corrected chi connectivity index (χ4v) is 2.35. The van der Waals surface area contributed by atoms with Crippen LogP contribution in [-0.4, -0.2) is 36.5 Å². The SMILES string of the molecule is CCNC(=NCC(C)(C)C(N)=O)NCCc1c[nH]c2ccccc12. The first kappa shape index (κ1) is 17.8. The largest absolute Gasteiger partial charge is 0.369 e. The summed E-state index contributed by atoms with van der Waals surface area (Å²) in [5, 5.41) is 7.74. The van der Waals surface area contributed by atoms with Gasteiger partial charge in [-0.05, 0) is 38.8 Å². The Morgan fingerprint density at radius 3 is 2.75 bits per heavy atom. The molecule has 6 nitrogen and oxygen atoms in total. The van der Waals surface area contributed by atoms with E-state index in [4.69, 9.17) is 5.73 Å². The van der Waals surface area contributed by atoms with Crippen molar-refractivity contribution in [2.24, 2.45) is 16.1 Å². The average molecular weight is 329 g/mol. The van der Waals surface area contributed by atoms with Gasteiger partial charge in [0.1, 0.15) is 0 Å². The molecular formula is C18H27N5O. The lowest BCUT2D eigenvalue weighted by molar-refractivity contribution is -0.125. The first-order valence-corrected chi connectivity index (χ1v) is 8.31. The van der Waals surface area contributed by atoms with Crippen LogP contribution in [0.4, 0.5) is 0 Å². The van der Waals surface area contributed by atoms with Crippen LogP contribution in [0.2, 0.25) is 0 Å². The van der Waals surface area contributed by atoms with Gasteiger partial charge in [0.15, 0.2) is 5.96 Å². The number of carbonyl (C=O) groups is 1. The summed E-state index contributed by atoms with van der Waals surface area (Å²) < 4.78 is 0. The maximum Gasteiger partial charge on any atom is 0.224 e. The molecule has 6 heteroatoms. The highest BCUT2D eigenvalue weighted by atomic mass is 16.1. The summed E-state index contributed by atoms with van der Waals surface area (Å²) in [5.41, 5.74) is 7.16. The molecule has 0 fully saturated rings. The molecule has 1 aromatic heterocycles. The lowest BCUT2D eigenvalue weighted by Gasteiger charge is -2.19. The highest BCUT2D eigenvalue weighted by Gasteiger charge is 2.24. The maximum atomic E-state index is 11.4. The van der Waals surface area contributed by atoms with Crippen LogP contribution in [0.25, 0.3) is 10.9 Å². The van der Waals surface area contributed by atoms with E-state index in [1.54, 1.807) is 13.8 Å². The third-order valence-electron chi connectivity index (χ3n) is 4.01. The fourth-order valence-electron chi connectivity index (χ4n) is 2.35. The van der Waals surface area contributed by atoms with Gasteiger partial charge >= 0.3 is 0 Å². The third kappa shape index (κ3) is 4.50. The Bertz CT molecular complexity index is 717. The van der Waals surface area contributed by atoms with E-state index in [0.717, 1.165) is 25.0 Å². The van der Waals surface area contributed by atoms with Gasteiger partial charge in [-0.2, -0.15) is 0 Å². The van der Waals surface area contributed by atoms with Gasteiger partial charge in [0, 0.05) is 30.2 Å². The molecule has 0 aliphatic rings. The Morgan fingerprint density at radius 2 is 2.04 bits per heavy atom. The van der Waals surface area contributed by atoms with E-state index in [0.29, 0.717) is 12.5 Å². The summed E-state index contributed by atoms with van der Waals surface area (Å²) in [5.74, 6) is 0.354. The second kappa shape index (κ2) is 7.86. The molecule has 0 unspecified atom stereocenters. The Labute approximate surface area is 142 Å². The van der Waals surface area contributed by atoms with Gasteiger partial charge in [0.2, 0.25) is 5.91 Å². The summed E-state index contributed by atoms with van der Waals surface area (Å²) in [6.45, 7) is 7.48. The number of aliphatic imine (C=N–C) groups is 1. The van der Waals surface area contributed by atoms with E-state index in [2.05, 4.69) is 32.7 Å². The molecule has 5 N–H and O–H groups in total. The molecule has 0 saturated carbocycles. The molecule has 2 aromatic rings. The van der Waals surface area contributed by atoms with E-state index in [1.807, 2.05) is 25.3 Å². The van der Waals surface area contributed by atoms with E-state index in [-0.39, 0.29) is 5.91 Å². The van der Waals surface area contributed by atoms with Gasteiger partial charge in [0.25, 0.3) is 0 Å². The number of hydrogen-bond acceptors (Lipinski definition) is 2. The smallest absolute Gasteiger partial charge is 0.224 e. The van der Waals surface area contributed by atoms with Crippen LogP contribution in [0.1, 0.15) is 26.3 Å². The predicted molar refractivity (Wildman–Crippen MR) is 99.0 cm³/mol. The molecule has 24 heavy (non-hydrogen) atoms. The first-order valence-electron chi connectivity index (χ1n) is 8.31. The molecule has 1 aromatic carbocycles. The van der Waals surface area contributed by atoms with E-state index >= 15 is 0 Å². The van der Waals surface area contributed by atoms with Crippen LogP contribution in [0.5, 0.6) is 0 Å². The number of guanidine groups is 1. The topological polar surface area (TPSA) is 95.3 Å². The molecule has 0 bridgehead atoms. The van der Waals surface area contributed by atoms with E-state index in [1.165, 1.54) is 10.9 Å². The van der Waals surface area contributed by atoms with E-state index in [9.17, 15) is 4.79 Å². The Hall–Kier alpha value is -2.50. The summed E-state index contributed by atoms with van der Waals surface area (Å²) in [6.07, 6.45) is 2.93. The second-order valence-electron chi connectivity index (χ2n) is 6.48. The molecule has 1 heterocycles. The number of amides is 1. The van der Waals surface area contributed by atoms with Crippen molar-refractivity contribution >= 4 is 22.8 Å². The van der Waals surface area contributed by atoms with Crippen molar-refractivity contribution in [2.75, 3.05) is 19.6 Å². The molecule has 0 atom stereocenters. The summed E-state index contributed by atoms with van der Waals surface area (Å²) >= 11 is 0. The molecule has 1 amide bonds. The standard InChI is InChI=1S/C18H27N5O/c1-4-20-17(23-12-18(2,3)16(19)24)21-10-9-13-11-22-15-8-6-5-7-14(13)15/h5-8,11,22H,4,9-10,12H2,1-3H3,(H2,19,24)(H2,20,21,23). The Kier molecular flexibility index (Phi) is 5.84. The lowest BCUT2D eigenvalue weighted by Crippen LogP contribution is -2.40. The van der Waals surface area contributed by atoms with Crippen molar-refractivity contribution in [3.63, 3.8) is 0 Å². The number of benzene rings is 1. The highest BCUT2D eigenvalue weighted by molar-refractivity contribution is 5.84. The van der Waals surface area contributed by atoms with Gasteiger partial charge < -0.3 is 21.4 Å². The van der Waals surface area contributed by atoms with Crippen LogP contribution < -0.4 is 16.4 Å². The van der Waals surface area contributed by atoms with Gasteiger partial charge in [-0.15, -0.1) is 0 Å². The third-order valence-corrected chi connectivity index (χ3v) is 4.01. The van der Waals surface area contributed by atoms with Crippen molar-refractivity contribution in [2.45, 2.75) is 27.2 Å². The van der Waals surface area contributed by atoms with Gasteiger partial charge in [-0.1, -0.05) is 18.2 Å². The van der Waals surface area contributed by atoms with Crippen molar-refractivity contribution < 1.29 is 4.79 Å². The molecule has 0 spiro atoms. The minimum atomic E-state index is -0.654. The highest BCUT2D eigenvalue weighted by Crippen LogP contribution is 2.17. The number of rotatable bonds is 7. The van der Waals surface area contributed by atoms with Crippen molar-refractivity contribution in [1.82, 2.24) is 15.6 Å². The number of hydrogen-bond donors (Lipinski definition) is 4. The fraction of sp³-hybridized carbons (Fsp3) is 0.444. The number of aromatic nitrogens is 1. The number of para-hydroxylation sites is 1. The quantitative estimate of drug-likeness (QED) is 0.460. The minimum absolute atomic E-state index is 0.346. The van der Waals surface area contributed by atoms with Crippen molar-refractivity contribution in [3.05, 3.63) is 36.0 Å². The number of fused-ring (bicyclic) bond motifs is 1. The van der Waals surface area contributed by atoms with Crippen LogP contribution in [0.3, 0.4) is 0 Å². The van der Waals surface area contributed by atoms with Crippen molar-refractivity contribution in [3.8, 4) is 0 Å². The Balaban J connectivity index is 1.95. The minimum Gasteiger partial charge on any atom is -0.369 e. The zero-order valence-electron chi connectivity index (χ0n) is 14.6. The lowest BCUT2D eigenvalue weighted by atomic mass is 9.93. The van der Waals surface area contributed by atoms with Crippen LogP contribution >= 0.6 is 0 Å². The van der Waals surface area contributed by atoms with Crippen LogP contribution in [0.15, 0.2) is 35.5 Å². The number of H-pyrrole nitrogens is 1. The first-order chi connectivity index (χ1) is 11.4. The predicted octanol–water partition coefficient (Wildman–Crippen LogP) is 1.78. The summed E-state index contributed by atoms with van der Waals surface area (Å²) in [6, 6.07) is 8.27. The maximum absolute atomic E-state index is 11.4. The zero-order valence-corrected chi connectivity index (χ0v) is 14.6. The average Bonchev–Trinajstić information content (AvgIpc) is 2.96. The molecule has 130 valence electrons. The van der Waals surface area contributed by atoms with Gasteiger partial charge in [-0.3, -0.25) is 9.79 Å². The molecule has 0 aliphatic heterocycles. The van der Waals surface area contributed by atoms with E-state index < -0.39 is 5.41 Å². The molecule has 2 rings (SSSR count). The number of nitrogens with one attached hydrogen (secondary N) is 3.